The Morgan fingerprint density at radius 1 is 1.16 bits per heavy atom. The molecule has 1 saturated heterocycles. The van der Waals surface area contributed by atoms with Crippen LogP contribution in [0.5, 0.6) is 0 Å². The van der Waals surface area contributed by atoms with E-state index >= 15 is 0 Å². The Hall–Kier alpha value is -2.73. The third kappa shape index (κ3) is 8.08. The van der Waals surface area contributed by atoms with E-state index in [-0.39, 0.29) is 6.10 Å². The Balaban J connectivity index is 0.000000451. The van der Waals surface area contributed by atoms with Crippen molar-refractivity contribution < 1.29 is 41.0 Å². The standard InChI is InChI=1S/C18H20F3N3O.C2HF3O2/c1-13-10-15(23-17(22-13)18(19,20)21)11-24-8-5-9-25-16(12-24)14-6-3-2-4-7-14;3-2(4,5)1(6)7/h2-4,6-7,10,16H,5,8-9,11-12H2,1H3;(H,6,7). The molecule has 6 nitrogen and oxygen atoms in total. The summed E-state index contributed by atoms with van der Waals surface area (Å²) in [6.07, 6.45) is -8.87. The second-order valence-electron chi connectivity index (χ2n) is 6.98. The quantitative estimate of drug-likeness (QED) is 0.678. The number of carboxylic acid groups (broad SMARTS) is 1. The Morgan fingerprint density at radius 2 is 1.78 bits per heavy atom. The summed E-state index contributed by atoms with van der Waals surface area (Å²) in [5.74, 6) is -3.83. The summed E-state index contributed by atoms with van der Waals surface area (Å²) in [5, 5.41) is 7.12. The number of carbonyl (C=O) groups is 1. The lowest BCUT2D eigenvalue weighted by molar-refractivity contribution is -0.192. The number of halogens is 6. The summed E-state index contributed by atoms with van der Waals surface area (Å²) < 4.78 is 76.4. The summed E-state index contributed by atoms with van der Waals surface area (Å²) in [6.45, 7) is 3.91. The van der Waals surface area contributed by atoms with E-state index in [4.69, 9.17) is 14.6 Å². The van der Waals surface area contributed by atoms with Crippen LogP contribution in [0.15, 0.2) is 36.4 Å². The molecule has 3 rings (SSSR count). The zero-order valence-corrected chi connectivity index (χ0v) is 17.0. The largest absolute Gasteiger partial charge is 0.490 e. The molecule has 0 aliphatic carbocycles. The highest BCUT2D eigenvalue weighted by Gasteiger charge is 2.38. The number of ether oxygens (including phenoxy) is 1. The molecule has 0 saturated carbocycles. The summed E-state index contributed by atoms with van der Waals surface area (Å²) >= 11 is 0. The lowest BCUT2D eigenvalue weighted by Crippen LogP contribution is -2.28. The highest BCUT2D eigenvalue weighted by atomic mass is 19.4. The Kier molecular flexibility index (Phi) is 8.56. The van der Waals surface area contributed by atoms with Crippen LogP contribution in [0.3, 0.4) is 0 Å². The van der Waals surface area contributed by atoms with Crippen molar-refractivity contribution in [2.24, 2.45) is 0 Å². The van der Waals surface area contributed by atoms with Crippen LogP contribution in [0.2, 0.25) is 0 Å². The molecule has 1 aromatic carbocycles. The van der Waals surface area contributed by atoms with Gasteiger partial charge in [0.05, 0.1) is 11.8 Å². The molecule has 0 radical (unpaired) electrons. The monoisotopic (exact) mass is 465 g/mol. The van der Waals surface area contributed by atoms with Gasteiger partial charge in [0.2, 0.25) is 5.82 Å². The smallest absolute Gasteiger partial charge is 0.475 e. The molecule has 1 unspecified atom stereocenters. The van der Waals surface area contributed by atoms with Crippen molar-refractivity contribution >= 4 is 5.97 Å². The first-order valence-corrected chi connectivity index (χ1v) is 9.47. The van der Waals surface area contributed by atoms with Gasteiger partial charge in [0.25, 0.3) is 0 Å². The molecule has 0 spiro atoms. The molecule has 176 valence electrons. The molecular weight excluding hydrogens is 444 g/mol. The third-order valence-corrected chi connectivity index (χ3v) is 4.32. The number of nitrogens with zero attached hydrogens (tertiary/aromatic N) is 3. The Morgan fingerprint density at radius 3 is 2.34 bits per heavy atom. The number of carboxylic acids is 1. The average Bonchev–Trinajstić information content (AvgIpc) is 2.93. The van der Waals surface area contributed by atoms with Gasteiger partial charge in [-0.15, -0.1) is 0 Å². The van der Waals surface area contributed by atoms with Gasteiger partial charge in [-0.05, 0) is 25.0 Å². The number of benzene rings is 1. The fourth-order valence-electron chi connectivity index (χ4n) is 2.98. The van der Waals surface area contributed by atoms with Crippen LogP contribution in [0.4, 0.5) is 26.3 Å². The molecule has 1 N–H and O–H groups in total. The fourth-order valence-corrected chi connectivity index (χ4v) is 2.98. The summed E-state index contributed by atoms with van der Waals surface area (Å²) in [7, 11) is 0. The van der Waals surface area contributed by atoms with Crippen LogP contribution in [-0.4, -0.2) is 51.8 Å². The number of aryl methyl sites for hydroxylation is 1. The minimum absolute atomic E-state index is 0.0891. The first-order chi connectivity index (χ1) is 14.9. The maximum absolute atomic E-state index is 12.9. The maximum atomic E-state index is 12.9. The molecule has 1 aliphatic rings. The molecule has 1 aromatic heterocycles. The van der Waals surface area contributed by atoms with Gasteiger partial charge in [-0.3, -0.25) is 4.90 Å². The molecule has 2 heterocycles. The normalized spacial score (nSPS) is 17.8. The SMILES string of the molecule is Cc1cc(CN2CCCOC(c3ccccc3)C2)nc(C(F)(F)F)n1.O=C(O)C(F)(F)F. The molecule has 1 fully saturated rings. The lowest BCUT2D eigenvalue weighted by Gasteiger charge is -2.24. The average molecular weight is 465 g/mol. The molecular formula is C20H21F6N3O3. The van der Waals surface area contributed by atoms with Crippen molar-refractivity contribution in [3.63, 3.8) is 0 Å². The second kappa shape index (κ2) is 10.7. The topological polar surface area (TPSA) is 75.5 Å². The minimum Gasteiger partial charge on any atom is -0.475 e. The van der Waals surface area contributed by atoms with Crippen molar-refractivity contribution in [1.29, 1.82) is 0 Å². The van der Waals surface area contributed by atoms with Crippen LogP contribution < -0.4 is 0 Å². The Bertz CT molecular complexity index is 890. The van der Waals surface area contributed by atoms with E-state index in [1.807, 2.05) is 30.3 Å². The van der Waals surface area contributed by atoms with Gasteiger partial charge in [0.1, 0.15) is 0 Å². The van der Waals surface area contributed by atoms with Crippen LogP contribution in [0.25, 0.3) is 0 Å². The molecule has 1 atom stereocenters. The van der Waals surface area contributed by atoms with Gasteiger partial charge in [0.15, 0.2) is 0 Å². The van der Waals surface area contributed by atoms with E-state index in [0.717, 1.165) is 18.5 Å². The molecule has 0 amide bonds. The summed E-state index contributed by atoms with van der Waals surface area (Å²) in [4.78, 5) is 18.2. The van der Waals surface area contributed by atoms with Gasteiger partial charge in [0, 0.05) is 31.9 Å². The molecule has 1 aliphatic heterocycles. The molecule has 12 heteroatoms. The Labute approximate surface area is 179 Å². The number of rotatable bonds is 3. The van der Waals surface area contributed by atoms with Crippen molar-refractivity contribution in [3.8, 4) is 0 Å². The van der Waals surface area contributed by atoms with Crippen molar-refractivity contribution in [2.75, 3.05) is 19.7 Å². The second-order valence-corrected chi connectivity index (χ2v) is 6.98. The number of alkyl halides is 6. The summed E-state index contributed by atoms with van der Waals surface area (Å²) in [5.41, 5.74) is 1.78. The predicted octanol–water partition coefficient (Wildman–Crippen LogP) is 4.40. The fraction of sp³-hybridized carbons (Fsp3) is 0.450. The maximum Gasteiger partial charge on any atom is 0.490 e. The van der Waals surface area contributed by atoms with Gasteiger partial charge in [-0.25, -0.2) is 14.8 Å². The number of aliphatic carboxylic acids is 1. The number of aromatic nitrogens is 2. The van der Waals surface area contributed by atoms with Gasteiger partial charge in [-0.2, -0.15) is 26.3 Å². The van der Waals surface area contributed by atoms with E-state index in [1.165, 1.54) is 0 Å². The molecule has 0 bridgehead atoms. The van der Waals surface area contributed by atoms with Crippen LogP contribution in [0, 0.1) is 6.92 Å². The van der Waals surface area contributed by atoms with E-state index in [1.54, 1.807) is 13.0 Å². The molecule has 32 heavy (non-hydrogen) atoms. The summed E-state index contributed by atoms with van der Waals surface area (Å²) in [6, 6.07) is 11.5. The van der Waals surface area contributed by atoms with Gasteiger partial charge in [-0.1, -0.05) is 30.3 Å². The zero-order chi connectivity index (χ0) is 23.9. The highest BCUT2D eigenvalue weighted by Crippen LogP contribution is 2.27. The van der Waals surface area contributed by atoms with Crippen LogP contribution in [-0.2, 0) is 22.3 Å². The van der Waals surface area contributed by atoms with E-state index < -0.39 is 24.1 Å². The van der Waals surface area contributed by atoms with E-state index in [2.05, 4.69) is 14.9 Å². The van der Waals surface area contributed by atoms with Gasteiger partial charge >= 0.3 is 18.3 Å². The molecule has 2 aromatic rings. The van der Waals surface area contributed by atoms with E-state index in [9.17, 15) is 26.3 Å². The minimum atomic E-state index is -5.08. The lowest BCUT2D eigenvalue weighted by atomic mass is 10.1. The van der Waals surface area contributed by atoms with Crippen molar-refractivity contribution in [1.82, 2.24) is 14.9 Å². The van der Waals surface area contributed by atoms with E-state index in [0.29, 0.717) is 31.1 Å². The number of hydrogen-bond acceptors (Lipinski definition) is 5. The number of hydrogen-bond donors (Lipinski definition) is 1. The predicted molar refractivity (Wildman–Crippen MR) is 100 cm³/mol. The van der Waals surface area contributed by atoms with Crippen molar-refractivity contribution in [2.45, 2.75) is 38.3 Å². The van der Waals surface area contributed by atoms with Crippen LogP contribution in [0.1, 0.15) is 35.3 Å². The zero-order valence-electron chi connectivity index (χ0n) is 17.0. The van der Waals surface area contributed by atoms with Crippen molar-refractivity contribution in [3.05, 3.63) is 59.2 Å². The first-order valence-electron chi connectivity index (χ1n) is 9.47. The first kappa shape index (κ1) is 25.5. The highest BCUT2D eigenvalue weighted by molar-refractivity contribution is 5.73. The van der Waals surface area contributed by atoms with Crippen LogP contribution >= 0.6 is 0 Å². The third-order valence-electron chi connectivity index (χ3n) is 4.32. The van der Waals surface area contributed by atoms with Gasteiger partial charge < -0.3 is 9.84 Å².